The number of carbonyl (C=O) groups is 1. The smallest absolute Gasteiger partial charge is 0.276 e. The zero-order chi connectivity index (χ0) is 17.1. The van der Waals surface area contributed by atoms with Gasteiger partial charge >= 0.3 is 0 Å². The van der Waals surface area contributed by atoms with Crippen LogP contribution in [0.1, 0.15) is 20.9 Å². The lowest BCUT2D eigenvalue weighted by Crippen LogP contribution is -2.18. The number of hydrogen-bond donors (Lipinski definition) is 2. The number of thiophene rings is 1. The topological polar surface area (TPSA) is 70.1 Å². The summed E-state index contributed by atoms with van der Waals surface area (Å²) in [5.74, 6) is -0.410. The molecule has 0 saturated carbocycles. The molecule has 0 saturated heterocycles. The van der Waals surface area contributed by atoms with Crippen LogP contribution in [0.3, 0.4) is 0 Å². The number of carbonyl (C=O) groups excluding carboxylic acids is 1. The minimum Gasteiger partial charge on any atom is -0.276 e. The summed E-state index contributed by atoms with van der Waals surface area (Å²) in [6.07, 6.45) is 1.45. The molecule has 2 N–H and O–H groups in total. The molecule has 0 aliphatic heterocycles. The molecule has 2 heterocycles. The molecule has 1 amide bonds. The number of nitrogens with zero attached hydrogens (tertiary/aromatic N) is 2. The largest absolute Gasteiger partial charge is 0.291 e. The van der Waals surface area contributed by atoms with Crippen molar-refractivity contribution in [3.63, 3.8) is 0 Å². The molecule has 3 aromatic rings. The Bertz CT molecular complexity index is 916. The molecule has 8 heteroatoms. The lowest BCUT2D eigenvalue weighted by Gasteiger charge is -1.98. The minimum atomic E-state index is -0.410. The molecule has 3 rings (SSSR count). The second-order valence-electron chi connectivity index (χ2n) is 4.94. The Morgan fingerprint density at radius 1 is 1.29 bits per heavy atom. The normalized spacial score (nSPS) is 11.1. The van der Waals surface area contributed by atoms with E-state index in [1.54, 1.807) is 35.6 Å². The summed E-state index contributed by atoms with van der Waals surface area (Å²) < 4.78 is 0. The van der Waals surface area contributed by atoms with E-state index < -0.39 is 5.91 Å². The Morgan fingerprint density at radius 2 is 2.12 bits per heavy atom. The van der Waals surface area contributed by atoms with Gasteiger partial charge in [-0.1, -0.05) is 29.3 Å². The number of H-pyrrole nitrogens is 1. The maximum atomic E-state index is 12.1. The average molecular weight is 379 g/mol. The Balaban J connectivity index is 1.67. The number of hydrogen-bond acceptors (Lipinski definition) is 4. The van der Waals surface area contributed by atoms with E-state index in [1.165, 1.54) is 11.1 Å². The van der Waals surface area contributed by atoms with E-state index in [2.05, 4.69) is 20.7 Å². The average Bonchev–Trinajstić information content (AvgIpc) is 3.18. The van der Waals surface area contributed by atoms with Crippen LogP contribution in [-0.4, -0.2) is 22.3 Å². The van der Waals surface area contributed by atoms with Gasteiger partial charge in [-0.3, -0.25) is 9.89 Å². The Labute approximate surface area is 152 Å². The van der Waals surface area contributed by atoms with Crippen molar-refractivity contribution >= 4 is 46.7 Å². The van der Waals surface area contributed by atoms with Crippen LogP contribution in [0, 0.1) is 6.92 Å². The van der Waals surface area contributed by atoms with Crippen molar-refractivity contribution in [3.05, 3.63) is 62.6 Å². The minimum absolute atomic E-state index is 0.260. The molecule has 0 spiro atoms. The fourth-order valence-corrected chi connectivity index (χ4v) is 3.26. The molecule has 2 aromatic heterocycles. The summed E-state index contributed by atoms with van der Waals surface area (Å²) in [4.78, 5) is 14.3. The van der Waals surface area contributed by atoms with E-state index >= 15 is 0 Å². The van der Waals surface area contributed by atoms with Crippen molar-refractivity contribution in [3.8, 4) is 10.6 Å². The highest BCUT2D eigenvalue weighted by atomic mass is 35.5. The molecule has 0 bridgehead atoms. The maximum Gasteiger partial charge on any atom is 0.291 e. The van der Waals surface area contributed by atoms with Crippen LogP contribution in [0.15, 0.2) is 41.5 Å². The third-order valence-electron chi connectivity index (χ3n) is 3.15. The number of nitrogens with one attached hydrogen (secondary N) is 2. The van der Waals surface area contributed by atoms with E-state index in [1.807, 2.05) is 19.1 Å². The zero-order valence-corrected chi connectivity index (χ0v) is 14.8. The van der Waals surface area contributed by atoms with E-state index in [9.17, 15) is 4.79 Å². The SMILES string of the molecule is Cc1ccc(-c2cc(C(=O)NN=Cc3ccc(Cl)cc3Cl)n[nH]2)s1. The standard InChI is InChI=1S/C16H12Cl2N4OS/c1-9-2-5-15(24-9)13-7-14(21-20-13)16(23)22-19-8-10-3-4-11(17)6-12(10)18/h2-8H,1H3,(H,20,21)(H,22,23). The molecule has 0 atom stereocenters. The van der Waals surface area contributed by atoms with E-state index in [0.29, 0.717) is 15.6 Å². The van der Waals surface area contributed by atoms with Crippen LogP contribution in [0.4, 0.5) is 0 Å². The van der Waals surface area contributed by atoms with Crippen molar-refractivity contribution < 1.29 is 4.79 Å². The van der Waals surface area contributed by atoms with Gasteiger partial charge in [-0.2, -0.15) is 10.2 Å². The first-order chi connectivity index (χ1) is 11.5. The zero-order valence-electron chi connectivity index (χ0n) is 12.5. The van der Waals surface area contributed by atoms with Crippen LogP contribution in [0.5, 0.6) is 0 Å². The fraction of sp³-hybridized carbons (Fsp3) is 0.0625. The Kier molecular flexibility index (Phi) is 4.99. The highest BCUT2D eigenvalue weighted by Crippen LogP contribution is 2.26. The third-order valence-corrected chi connectivity index (χ3v) is 4.74. The molecule has 0 fully saturated rings. The van der Waals surface area contributed by atoms with E-state index in [-0.39, 0.29) is 5.69 Å². The van der Waals surface area contributed by atoms with Crippen molar-refractivity contribution in [1.82, 2.24) is 15.6 Å². The van der Waals surface area contributed by atoms with Crippen LogP contribution < -0.4 is 5.43 Å². The molecule has 1 aromatic carbocycles. The van der Waals surface area contributed by atoms with Crippen LogP contribution in [-0.2, 0) is 0 Å². The summed E-state index contributed by atoms with van der Waals surface area (Å²) in [6.45, 7) is 2.02. The first-order valence-corrected chi connectivity index (χ1v) is 8.51. The van der Waals surface area contributed by atoms with Gasteiger partial charge in [0.1, 0.15) is 0 Å². The van der Waals surface area contributed by atoms with Crippen molar-refractivity contribution in [1.29, 1.82) is 0 Å². The number of amides is 1. The summed E-state index contributed by atoms with van der Waals surface area (Å²) in [7, 11) is 0. The number of aromatic amines is 1. The first kappa shape index (κ1) is 16.7. The van der Waals surface area contributed by atoms with Gasteiger partial charge in [-0.15, -0.1) is 11.3 Å². The van der Waals surface area contributed by atoms with Gasteiger partial charge in [0.15, 0.2) is 5.69 Å². The summed E-state index contributed by atoms with van der Waals surface area (Å²) in [6, 6.07) is 10.7. The number of hydrazone groups is 1. The number of rotatable bonds is 4. The predicted octanol–water partition coefficient (Wildman–Crippen LogP) is 4.52. The lowest BCUT2D eigenvalue weighted by molar-refractivity contribution is 0.0950. The molecular weight excluding hydrogens is 367 g/mol. The molecule has 122 valence electrons. The van der Waals surface area contributed by atoms with Crippen molar-refractivity contribution in [2.45, 2.75) is 6.92 Å². The summed E-state index contributed by atoms with van der Waals surface area (Å²) in [5, 5.41) is 11.7. The van der Waals surface area contributed by atoms with Crippen molar-refractivity contribution in [2.24, 2.45) is 5.10 Å². The second-order valence-corrected chi connectivity index (χ2v) is 7.07. The lowest BCUT2D eigenvalue weighted by atomic mass is 10.2. The summed E-state index contributed by atoms with van der Waals surface area (Å²) >= 11 is 13.5. The van der Waals surface area contributed by atoms with Crippen LogP contribution >= 0.6 is 34.5 Å². The van der Waals surface area contributed by atoms with Gasteiger partial charge in [0, 0.05) is 15.5 Å². The number of halogens is 2. The van der Waals surface area contributed by atoms with E-state index in [0.717, 1.165) is 10.6 Å². The third kappa shape index (κ3) is 3.84. The van der Waals surface area contributed by atoms with Gasteiger partial charge in [-0.25, -0.2) is 5.43 Å². The van der Waals surface area contributed by atoms with Gasteiger partial charge in [0.2, 0.25) is 0 Å². The van der Waals surface area contributed by atoms with Crippen LogP contribution in [0.2, 0.25) is 10.0 Å². The maximum absolute atomic E-state index is 12.1. The quantitative estimate of drug-likeness (QED) is 0.517. The fourth-order valence-electron chi connectivity index (χ4n) is 1.97. The van der Waals surface area contributed by atoms with Gasteiger partial charge in [-0.05, 0) is 37.3 Å². The van der Waals surface area contributed by atoms with Crippen molar-refractivity contribution in [2.75, 3.05) is 0 Å². The Morgan fingerprint density at radius 3 is 2.83 bits per heavy atom. The second kappa shape index (κ2) is 7.17. The number of benzene rings is 1. The monoisotopic (exact) mass is 378 g/mol. The molecule has 0 aliphatic carbocycles. The van der Waals surface area contributed by atoms with Gasteiger partial charge in [0.25, 0.3) is 5.91 Å². The molecular formula is C16H12Cl2N4OS. The highest BCUT2D eigenvalue weighted by Gasteiger charge is 2.11. The first-order valence-electron chi connectivity index (χ1n) is 6.93. The highest BCUT2D eigenvalue weighted by molar-refractivity contribution is 7.15. The van der Waals surface area contributed by atoms with Crippen LogP contribution in [0.25, 0.3) is 10.6 Å². The molecule has 24 heavy (non-hydrogen) atoms. The van der Waals surface area contributed by atoms with Gasteiger partial charge in [0.05, 0.1) is 21.8 Å². The number of aryl methyl sites for hydroxylation is 1. The molecule has 0 aliphatic rings. The molecule has 5 nitrogen and oxygen atoms in total. The summed E-state index contributed by atoms with van der Waals surface area (Å²) in [5.41, 5.74) is 4.12. The Hall–Kier alpha value is -2.15. The molecule has 0 radical (unpaired) electrons. The van der Waals surface area contributed by atoms with E-state index in [4.69, 9.17) is 23.2 Å². The molecule has 0 unspecified atom stereocenters. The van der Waals surface area contributed by atoms with Gasteiger partial charge < -0.3 is 0 Å². The number of aromatic nitrogens is 2. The predicted molar refractivity (Wildman–Crippen MR) is 98.2 cm³/mol.